The Morgan fingerprint density at radius 1 is 1.40 bits per heavy atom. The molecule has 0 aliphatic rings. The lowest BCUT2D eigenvalue weighted by atomic mass is 9.95. The fourth-order valence-electron chi connectivity index (χ4n) is 1.18. The first kappa shape index (κ1) is 14.4. The maximum atomic E-state index is 11.3. The van der Waals surface area contributed by atoms with E-state index in [0.29, 0.717) is 32.8 Å². The molecule has 90 valence electrons. The molecule has 0 aliphatic carbocycles. The van der Waals surface area contributed by atoms with E-state index < -0.39 is 0 Å². The predicted octanol–water partition coefficient (Wildman–Crippen LogP) is 1.20. The van der Waals surface area contributed by atoms with Crippen molar-refractivity contribution >= 4 is 5.91 Å². The standard InChI is InChI=1S/C11H23NO3/c1-5-15-7-6-10(13)12-8-11(2,3)9-14-4/h5-9H2,1-4H3,(H,12,13). The number of carbonyl (C=O) groups is 1. The Morgan fingerprint density at radius 3 is 2.60 bits per heavy atom. The van der Waals surface area contributed by atoms with Crippen molar-refractivity contribution < 1.29 is 14.3 Å². The third-order valence-electron chi connectivity index (χ3n) is 1.98. The molecule has 0 aromatic rings. The molecule has 0 saturated carbocycles. The van der Waals surface area contributed by atoms with Gasteiger partial charge in [0.2, 0.25) is 5.91 Å². The highest BCUT2D eigenvalue weighted by molar-refractivity contribution is 5.75. The minimum atomic E-state index is -0.0178. The lowest BCUT2D eigenvalue weighted by Gasteiger charge is -2.23. The summed E-state index contributed by atoms with van der Waals surface area (Å²) in [7, 11) is 1.67. The molecule has 0 saturated heterocycles. The molecule has 0 fully saturated rings. The zero-order chi connectivity index (χ0) is 11.7. The normalized spacial score (nSPS) is 11.5. The van der Waals surface area contributed by atoms with Crippen LogP contribution in [0.5, 0.6) is 0 Å². The third-order valence-corrected chi connectivity index (χ3v) is 1.98. The van der Waals surface area contributed by atoms with E-state index in [2.05, 4.69) is 19.2 Å². The molecule has 1 amide bonds. The topological polar surface area (TPSA) is 47.6 Å². The maximum absolute atomic E-state index is 11.3. The van der Waals surface area contributed by atoms with E-state index in [1.165, 1.54) is 0 Å². The number of hydrogen-bond donors (Lipinski definition) is 1. The molecule has 4 nitrogen and oxygen atoms in total. The fourth-order valence-corrected chi connectivity index (χ4v) is 1.18. The number of carbonyl (C=O) groups excluding carboxylic acids is 1. The van der Waals surface area contributed by atoms with E-state index in [-0.39, 0.29) is 11.3 Å². The number of amides is 1. The number of methoxy groups -OCH3 is 1. The summed E-state index contributed by atoms with van der Waals surface area (Å²) in [5.41, 5.74) is -0.0178. The summed E-state index contributed by atoms with van der Waals surface area (Å²) in [6.45, 7) is 8.44. The van der Waals surface area contributed by atoms with Crippen LogP contribution in [0.4, 0.5) is 0 Å². The Kier molecular flexibility index (Phi) is 7.34. The molecule has 15 heavy (non-hydrogen) atoms. The molecule has 0 spiro atoms. The third kappa shape index (κ3) is 8.39. The Balaban J connectivity index is 3.60. The van der Waals surface area contributed by atoms with Crippen molar-refractivity contribution in [3.05, 3.63) is 0 Å². The van der Waals surface area contributed by atoms with Crippen LogP contribution in [0.25, 0.3) is 0 Å². The molecule has 0 heterocycles. The first-order valence-corrected chi connectivity index (χ1v) is 5.35. The first-order chi connectivity index (χ1) is 7.02. The number of rotatable bonds is 8. The summed E-state index contributed by atoms with van der Waals surface area (Å²) < 4.78 is 10.2. The number of ether oxygens (including phenoxy) is 2. The average Bonchev–Trinajstić information content (AvgIpc) is 2.15. The Hall–Kier alpha value is -0.610. The highest BCUT2D eigenvalue weighted by atomic mass is 16.5. The minimum Gasteiger partial charge on any atom is -0.384 e. The van der Waals surface area contributed by atoms with Crippen LogP contribution in [-0.2, 0) is 14.3 Å². The summed E-state index contributed by atoms with van der Waals surface area (Å²) in [6.07, 6.45) is 0.427. The molecule has 4 heteroatoms. The van der Waals surface area contributed by atoms with Crippen LogP contribution in [0.3, 0.4) is 0 Å². The molecule has 0 aromatic heterocycles. The molecule has 0 aromatic carbocycles. The molecular weight excluding hydrogens is 194 g/mol. The molecule has 0 bridgehead atoms. The largest absolute Gasteiger partial charge is 0.384 e. The van der Waals surface area contributed by atoms with E-state index in [1.54, 1.807) is 7.11 Å². The van der Waals surface area contributed by atoms with E-state index in [0.717, 1.165) is 0 Å². The van der Waals surface area contributed by atoms with Gasteiger partial charge in [-0.3, -0.25) is 4.79 Å². The summed E-state index contributed by atoms with van der Waals surface area (Å²) in [6, 6.07) is 0. The SMILES string of the molecule is CCOCCC(=O)NCC(C)(C)COC. The van der Waals surface area contributed by atoms with Crippen molar-refractivity contribution in [2.24, 2.45) is 5.41 Å². The number of hydrogen-bond acceptors (Lipinski definition) is 3. The van der Waals surface area contributed by atoms with Gasteiger partial charge in [0.1, 0.15) is 0 Å². The van der Waals surface area contributed by atoms with Gasteiger partial charge in [-0.25, -0.2) is 0 Å². The van der Waals surface area contributed by atoms with Crippen LogP contribution in [0.1, 0.15) is 27.2 Å². The smallest absolute Gasteiger partial charge is 0.222 e. The fraction of sp³-hybridized carbons (Fsp3) is 0.909. The van der Waals surface area contributed by atoms with Gasteiger partial charge >= 0.3 is 0 Å². The number of nitrogens with one attached hydrogen (secondary N) is 1. The van der Waals surface area contributed by atoms with Crippen LogP contribution in [-0.4, -0.2) is 39.4 Å². The first-order valence-electron chi connectivity index (χ1n) is 5.35. The van der Waals surface area contributed by atoms with Crippen LogP contribution < -0.4 is 5.32 Å². The Morgan fingerprint density at radius 2 is 2.07 bits per heavy atom. The van der Waals surface area contributed by atoms with Crippen molar-refractivity contribution in [3.63, 3.8) is 0 Å². The van der Waals surface area contributed by atoms with Gasteiger partial charge in [0, 0.05) is 32.1 Å². The lowest BCUT2D eigenvalue weighted by Crippen LogP contribution is -2.36. The molecular formula is C11H23NO3. The van der Waals surface area contributed by atoms with Gasteiger partial charge in [-0.05, 0) is 6.92 Å². The van der Waals surface area contributed by atoms with Gasteiger partial charge in [0.05, 0.1) is 13.2 Å². The lowest BCUT2D eigenvalue weighted by molar-refractivity contribution is -0.122. The highest BCUT2D eigenvalue weighted by Gasteiger charge is 2.18. The second-order valence-corrected chi connectivity index (χ2v) is 4.32. The van der Waals surface area contributed by atoms with Crippen LogP contribution in [0.15, 0.2) is 0 Å². The summed E-state index contributed by atoms with van der Waals surface area (Å²) in [5.74, 6) is 0.0348. The quantitative estimate of drug-likeness (QED) is 0.621. The van der Waals surface area contributed by atoms with Gasteiger partial charge < -0.3 is 14.8 Å². The summed E-state index contributed by atoms with van der Waals surface area (Å²) in [5, 5.41) is 2.87. The minimum absolute atomic E-state index is 0.0178. The van der Waals surface area contributed by atoms with Crippen molar-refractivity contribution in [2.75, 3.05) is 33.5 Å². The molecule has 1 N–H and O–H groups in total. The summed E-state index contributed by atoms with van der Waals surface area (Å²) in [4.78, 5) is 11.3. The molecule has 0 unspecified atom stereocenters. The second-order valence-electron chi connectivity index (χ2n) is 4.32. The monoisotopic (exact) mass is 217 g/mol. The van der Waals surface area contributed by atoms with Gasteiger partial charge in [-0.1, -0.05) is 13.8 Å². The van der Waals surface area contributed by atoms with Crippen molar-refractivity contribution in [2.45, 2.75) is 27.2 Å². The van der Waals surface area contributed by atoms with Gasteiger partial charge in [-0.2, -0.15) is 0 Å². The highest BCUT2D eigenvalue weighted by Crippen LogP contribution is 2.13. The van der Waals surface area contributed by atoms with E-state index in [1.807, 2.05) is 6.92 Å². The Bertz CT molecular complexity index is 181. The van der Waals surface area contributed by atoms with Crippen LogP contribution in [0, 0.1) is 5.41 Å². The Labute approximate surface area is 92.3 Å². The zero-order valence-corrected chi connectivity index (χ0v) is 10.3. The molecule has 0 radical (unpaired) electrons. The zero-order valence-electron chi connectivity index (χ0n) is 10.3. The molecule has 0 atom stereocenters. The van der Waals surface area contributed by atoms with Crippen molar-refractivity contribution in [3.8, 4) is 0 Å². The van der Waals surface area contributed by atoms with Crippen molar-refractivity contribution in [1.29, 1.82) is 0 Å². The maximum Gasteiger partial charge on any atom is 0.222 e. The average molecular weight is 217 g/mol. The van der Waals surface area contributed by atoms with Gasteiger partial charge in [0.25, 0.3) is 0 Å². The van der Waals surface area contributed by atoms with E-state index >= 15 is 0 Å². The van der Waals surface area contributed by atoms with E-state index in [9.17, 15) is 4.79 Å². The van der Waals surface area contributed by atoms with Crippen LogP contribution in [0.2, 0.25) is 0 Å². The van der Waals surface area contributed by atoms with Gasteiger partial charge in [0.15, 0.2) is 0 Å². The van der Waals surface area contributed by atoms with Gasteiger partial charge in [-0.15, -0.1) is 0 Å². The van der Waals surface area contributed by atoms with Crippen molar-refractivity contribution in [1.82, 2.24) is 5.32 Å². The predicted molar refractivity (Wildman–Crippen MR) is 59.8 cm³/mol. The second kappa shape index (κ2) is 7.65. The molecule has 0 aliphatic heterocycles. The molecule has 0 rings (SSSR count). The van der Waals surface area contributed by atoms with E-state index in [4.69, 9.17) is 9.47 Å². The van der Waals surface area contributed by atoms with Crippen LogP contribution >= 0.6 is 0 Å². The summed E-state index contributed by atoms with van der Waals surface area (Å²) >= 11 is 0.